The number of rotatable bonds is 5. The summed E-state index contributed by atoms with van der Waals surface area (Å²) in [6.07, 6.45) is 11.8. The Balaban J connectivity index is 0.00000300. The fourth-order valence-corrected chi connectivity index (χ4v) is 12.8. The molecular weight excluding hydrogens is 530 g/mol. The van der Waals surface area contributed by atoms with Gasteiger partial charge in [0.1, 0.15) is 6.10 Å². The summed E-state index contributed by atoms with van der Waals surface area (Å²) in [6.45, 7) is 15.4. The second-order valence-electron chi connectivity index (χ2n) is 17.5. The van der Waals surface area contributed by atoms with E-state index in [1.54, 1.807) is 13.8 Å². The van der Waals surface area contributed by atoms with E-state index >= 15 is 0 Å². The van der Waals surface area contributed by atoms with Crippen molar-refractivity contribution in [2.75, 3.05) is 32.9 Å². The number of hydrogen-bond acceptors (Lipinski definition) is 7. The highest BCUT2D eigenvalue weighted by Crippen LogP contribution is 2.87. The molecular formula is C35H59NO6. The van der Waals surface area contributed by atoms with Crippen LogP contribution >= 0.6 is 0 Å². The molecule has 3 heterocycles. The fourth-order valence-electron chi connectivity index (χ4n) is 12.8. The van der Waals surface area contributed by atoms with Gasteiger partial charge in [0, 0.05) is 7.97 Å². The lowest BCUT2D eigenvalue weighted by atomic mass is 9.46. The summed E-state index contributed by atoms with van der Waals surface area (Å²) in [4.78, 5) is 2.52. The van der Waals surface area contributed by atoms with Gasteiger partial charge in [-0.2, -0.15) is 0 Å². The van der Waals surface area contributed by atoms with Gasteiger partial charge in [0.15, 0.2) is 6.29 Å². The van der Waals surface area contributed by atoms with Gasteiger partial charge in [-0.3, -0.25) is 4.90 Å². The summed E-state index contributed by atoms with van der Waals surface area (Å²) in [7, 11) is 0. The first-order valence-corrected chi connectivity index (χ1v) is 17.5. The molecule has 12 atom stereocenters. The third kappa shape index (κ3) is 4.02. The molecule has 5 aliphatic carbocycles. The molecule has 3 aliphatic heterocycles. The van der Waals surface area contributed by atoms with E-state index in [9.17, 15) is 10.2 Å². The van der Waals surface area contributed by atoms with E-state index in [2.05, 4.69) is 25.7 Å². The van der Waals surface area contributed by atoms with Crippen LogP contribution in [0.1, 0.15) is 100 Å². The van der Waals surface area contributed by atoms with Crippen molar-refractivity contribution < 1.29 is 30.6 Å². The van der Waals surface area contributed by atoms with Gasteiger partial charge in [-0.25, -0.2) is 0 Å². The molecule has 5 saturated carbocycles. The van der Waals surface area contributed by atoms with Gasteiger partial charge in [-0.1, -0.05) is 20.8 Å². The van der Waals surface area contributed by atoms with Crippen LogP contribution in [0.2, 0.25) is 0 Å². The van der Waals surface area contributed by atoms with Crippen LogP contribution in [0.25, 0.3) is 0 Å². The second kappa shape index (κ2) is 9.62. The molecule has 7 nitrogen and oxygen atoms in total. The molecule has 0 aromatic heterocycles. The number of ether oxygens (including phenoxy) is 4. The first kappa shape index (κ1) is 29.1. The van der Waals surface area contributed by atoms with Crippen molar-refractivity contribution in [2.24, 2.45) is 45.3 Å². The molecule has 10 unspecified atom stereocenters. The molecule has 0 aromatic carbocycles. The standard InChI is InChI=1S/C35H57NO6.H2/c1-31(2)27-9-7-22-24-16-26-23(6-8-25(41-26)30(37)32(3,4)38)33(24,5)12-13-34(22)20-35(27,34)11-10-28(31)42-29-17-36(14-15-40-29)21-18-39-19-21;/h21-30,37-38H,6-20H2,1-5H3;1H/t22?,23?,24?,25?,26?,27?,28-,29?,30-,33?,34?,35?;/m0./s1. The van der Waals surface area contributed by atoms with Gasteiger partial charge < -0.3 is 29.2 Å². The van der Waals surface area contributed by atoms with E-state index in [0.29, 0.717) is 28.2 Å². The SMILES string of the molecule is CC12CCC34CC35CC[C@H](OC3CN(C6COC6)CCO3)C(C)(C)C5CCC4C1CC1OC([C@H](O)C(C)(C)O)CCC12.[HH]. The van der Waals surface area contributed by atoms with E-state index in [-0.39, 0.29) is 31.4 Å². The van der Waals surface area contributed by atoms with E-state index < -0.39 is 11.7 Å². The van der Waals surface area contributed by atoms with Crippen LogP contribution in [-0.2, 0) is 18.9 Å². The van der Waals surface area contributed by atoms with Crippen LogP contribution in [0.4, 0.5) is 0 Å². The average molecular weight is 590 g/mol. The number of nitrogens with zero attached hydrogens (tertiary/aromatic N) is 1. The molecule has 2 N–H and O–H groups in total. The quantitative estimate of drug-likeness (QED) is 0.467. The molecule has 2 spiro atoms. The monoisotopic (exact) mass is 589 g/mol. The van der Waals surface area contributed by atoms with E-state index in [4.69, 9.17) is 18.9 Å². The molecule has 8 aliphatic rings. The average Bonchev–Trinajstić information content (AvgIpc) is 3.48. The van der Waals surface area contributed by atoms with Crippen LogP contribution in [-0.4, -0.2) is 90.4 Å². The van der Waals surface area contributed by atoms with Crippen molar-refractivity contribution in [1.82, 2.24) is 4.90 Å². The van der Waals surface area contributed by atoms with Crippen LogP contribution in [0.15, 0.2) is 0 Å². The zero-order valence-electron chi connectivity index (χ0n) is 26.9. The zero-order chi connectivity index (χ0) is 29.3. The lowest BCUT2D eigenvalue weighted by Crippen LogP contribution is -2.58. The van der Waals surface area contributed by atoms with E-state index in [0.717, 1.165) is 76.3 Å². The molecule has 3 saturated heterocycles. The first-order chi connectivity index (χ1) is 19.9. The van der Waals surface area contributed by atoms with Gasteiger partial charge in [-0.15, -0.1) is 0 Å². The van der Waals surface area contributed by atoms with Crippen LogP contribution in [0.5, 0.6) is 0 Å². The van der Waals surface area contributed by atoms with Crippen LogP contribution in [0.3, 0.4) is 0 Å². The minimum absolute atomic E-state index is 0. The number of aliphatic hydroxyl groups excluding tert-OH is 1. The third-order valence-corrected chi connectivity index (χ3v) is 15.2. The highest BCUT2D eigenvalue weighted by molar-refractivity contribution is 5.29. The molecule has 7 heteroatoms. The van der Waals surface area contributed by atoms with Gasteiger partial charge in [0.05, 0.1) is 56.3 Å². The molecule has 8 rings (SSSR count). The van der Waals surface area contributed by atoms with E-state index in [1.807, 2.05) is 0 Å². The topological polar surface area (TPSA) is 80.6 Å². The lowest BCUT2D eigenvalue weighted by Gasteiger charge is -2.60. The summed E-state index contributed by atoms with van der Waals surface area (Å²) in [5.41, 5.74) is 0.403. The predicted molar refractivity (Wildman–Crippen MR) is 161 cm³/mol. The molecule has 8 fully saturated rings. The Hall–Kier alpha value is -0.280. The first-order valence-electron chi connectivity index (χ1n) is 17.5. The van der Waals surface area contributed by atoms with Gasteiger partial charge in [0.2, 0.25) is 0 Å². The van der Waals surface area contributed by atoms with Crippen molar-refractivity contribution in [3.8, 4) is 0 Å². The molecule has 0 amide bonds. The smallest absolute Gasteiger partial charge is 0.170 e. The number of hydrogen-bond donors (Lipinski definition) is 2. The molecule has 42 heavy (non-hydrogen) atoms. The maximum atomic E-state index is 10.8. The summed E-state index contributed by atoms with van der Waals surface area (Å²) in [5, 5.41) is 21.3. The summed E-state index contributed by atoms with van der Waals surface area (Å²) in [6, 6.07) is 0.545. The Morgan fingerprint density at radius 1 is 0.952 bits per heavy atom. The summed E-state index contributed by atoms with van der Waals surface area (Å²) < 4.78 is 25.2. The lowest BCUT2D eigenvalue weighted by molar-refractivity contribution is -0.253. The predicted octanol–water partition coefficient (Wildman–Crippen LogP) is 5.01. The summed E-state index contributed by atoms with van der Waals surface area (Å²) >= 11 is 0. The van der Waals surface area contributed by atoms with Crippen molar-refractivity contribution >= 4 is 0 Å². The van der Waals surface area contributed by atoms with Crippen molar-refractivity contribution in [1.29, 1.82) is 0 Å². The Bertz CT molecular complexity index is 1060. The number of fused-ring (bicyclic) bond motifs is 4. The fraction of sp³-hybridized carbons (Fsp3) is 1.00. The third-order valence-electron chi connectivity index (χ3n) is 15.2. The Morgan fingerprint density at radius 3 is 2.48 bits per heavy atom. The highest BCUT2D eigenvalue weighted by atomic mass is 16.7. The minimum Gasteiger partial charge on any atom is -0.388 e. The molecule has 240 valence electrons. The minimum atomic E-state index is -1.13. The number of morpholine rings is 1. The van der Waals surface area contributed by atoms with Crippen LogP contribution in [0, 0.1) is 45.3 Å². The largest absolute Gasteiger partial charge is 0.388 e. The zero-order valence-corrected chi connectivity index (χ0v) is 26.9. The molecule has 0 radical (unpaired) electrons. The van der Waals surface area contributed by atoms with Crippen LogP contribution < -0.4 is 0 Å². The van der Waals surface area contributed by atoms with Gasteiger partial charge >= 0.3 is 0 Å². The molecule has 0 bridgehead atoms. The van der Waals surface area contributed by atoms with Gasteiger partial charge in [0.25, 0.3) is 0 Å². The summed E-state index contributed by atoms with van der Waals surface area (Å²) in [5.74, 6) is 2.87. The van der Waals surface area contributed by atoms with Crippen molar-refractivity contribution in [2.45, 2.75) is 141 Å². The Labute approximate surface area is 254 Å². The van der Waals surface area contributed by atoms with Gasteiger partial charge in [-0.05, 0) is 123 Å². The van der Waals surface area contributed by atoms with Crippen molar-refractivity contribution in [3.63, 3.8) is 0 Å². The Kier molecular flexibility index (Phi) is 6.68. The molecule has 0 aromatic rings. The maximum Gasteiger partial charge on any atom is 0.170 e. The maximum absolute atomic E-state index is 10.8. The highest BCUT2D eigenvalue weighted by Gasteiger charge is 2.80. The normalized spacial score (nSPS) is 52.6. The number of aliphatic hydroxyl groups is 2. The Morgan fingerprint density at radius 2 is 1.74 bits per heavy atom. The second-order valence-corrected chi connectivity index (χ2v) is 17.5. The van der Waals surface area contributed by atoms with Crippen molar-refractivity contribution in [3.05, 3.63) is 0 Å². The van der Waals surface area contributed by atoms with E-state index in [1.165, 1.54) is 38.5 Å².